The molecule has 0 radical (unpaired) electrons. The van der Waals surface area contributed by atoms with Crippen LogP contribution in [-0.2, 0) is 26.1 Å². The number of carbonyl (C=O) groups is 1. The molecule has 3 aliphatic rings. The van der Waals surface area contributed by atoms with E-state index in [9.17, 15) is 13.2 Å². The first-order valence-electron chi connectivity index (χ1n) is 15.8. The summed E-state index contributed by atoms with van der Waals surface area (Å²) in [5.74, 6) is 0.806. The molecule has 2 saturated heterocycles. The van der Waals surface area contributed by atoms with Crippen LogP contribution in [0.1, 0.15) is 68.3 Å². The Hall–Kier alpha value is -1.44. The summed E-state index contributed by atoms with van der Waals surface area (Å²) in [6, 6.07) is 7.21. The number of piperidine rings is 1. The first-order chi connectivity index (χ1) is 20.3. The van der Waals surface area contributed by atoms with E-state index in [1.807, 2.05) is 23.7 Å². The van der Waals surface area contributed by atoms with Gasteiger partial charge in [-0.25, -0.2) is 17.8 Å². The quantitative estimate of drug-likeness (QED) is 0.356. The predicted octanol–water partition coefficient (Wildman–Crippen LogP) is 4.42. The van der Waals surface area contributed by atoms with Crippen molar-refractivity contribution in [3.05, 3.63) is 41.2 Å². The summed E-state index contributed by atoms with van der Waals surface area (Å²) in [5, 5.41) is 8.11. The molecule has 0 unspecified atom stereocenters. The Labute approximate surface area is 287 Å². The van der Waals surface area contributed by atoms with Crippen LogP contribution >= 0.6 is 37.2 Å². The van der Waals surface area contributed by atoms with Crippen LogP contribution in [0.25, 0.3) is 5.69 Å². The van der Waals surface area contributed by atoms with Crippen molar-refractivity contribution < 1.29 is 17.9 Å². The SMILES string of the molecule is Cc1nn(-c2ccc(S(=O)(=O)NCCN3CCOCC3)cc2)c(C)c1CN1CCC(NC(=O)CC2CCCCC2)CC1.Cl.Cl.Cl. The number of aromatic nitrogens is 2. The van der Waals surface area contributed by atoms with Crippen molar-refractivity contribution in [2.45, 2.75) is 82.7 Å². The maximum Gasteiger partial charge on any atom is 0.240 e. The number of ether oxygens (including phenoxy) is 1. The molecule has 0 spiro atoms. The molecule has 5 rings (SSSR count). The van der Waals surface area contributed by atoms with Gasteiger partial charge in [-0.2, -0.15) is 5.10 Å². The Bertz CT molecular complexity index is 1290. The zero-order valence-electron chi connectivity index (χ0n) is 26.5. The average Bonchev–Trinajstić information content (AvgIpc) is 3.27. The molecule has 3 fully saturated rings. The topological polar surface area (TPSA) is 109 Å². The third kappa shape index (κ3) is 11.1. The summed E-state index contributed by atoms with van der Waals surface area (Å²) in [4.78, 5) is 17.5. The summed E-state index contributed by atoms with van der Waals surface area (Å²) < 4.78 is 35.7. The van der Waals surface area contributed by atoms with E-state index in [-0.39, 0.29) is 54.1 Å². The van der Waals surface area contributed by atoms with Gasteiger partial charge in [-0.1, -0.05) is 19.3 Å². The number of nitrogens with one attached hydrogen (secondary N) is 2. The number of halogens is 3. The maximum atomic E-state index is 12.8. The highest BCUT2D eigenvalue weighted by molar-refractivity contribution is 7.89. The van der Waals surface area contributed by atoms with Crippen LogP contribution in [0.5, 0.6) is 0 Å². The Morgan fingerprint density at radius 3 is 2.20 bits per heavy atom. The van der Waals surface area contributed by atoms with Gasteiger partial charge >= 0.3 is 0 Å². The van der Waals surface area contributed by atoms with Crippen molar-refractivity contribution in [3.8, 4) is 5.69 Å². The molecule has 14 heteroatoms. The van der Waals surface area contributed by atoms with Gasteiger partial charge in [0.25, 0.3) is 0 Å². The lowest BCUT2D eigenvalue weighted by atomic mass is 9.86. The fourth-order valence-corrected chi connectivity index (χ4v) is 7.59. The van der Waals surface area contributed by atoms with Gasteiger partial charge in [0, 0.05) is 69.5 Å². The lowest BCUT2D eigenvalue weighted by Crippen LogP contribution is -2.44. The number of nitrogens with zero attached hydrogens (tertiary/aromatic N) is 4. The molecule has 1 aromatic heterocycles. The number of hydrogen-bond acceptors (Lipinski definition) is 7. The standard InChI is InChI=1S/C31H48N6O4S.3ClH/c1-24-30(23-36-15-12-27(13-16-36)33-31(38)22-26-6-4-3-5-7-26)25(2)37(34-24)28-8-10-29(11-9-28)42(39,40)32-14-17-35-18-20-41-21-19-35;;;/h8-11,26-27,32H,3-7,12-23H2,1-2H3,(H,33,38);3*1H. The van der Waals surface area contributed by atoms with Gasteiger partial charge in [0.05, 0.1) is 29.5 Å². The van der Waals surface area contributed by atoms with Gasteiger partial charge in [-0.05, 0) is 69.7 Å². The summed E-state index contributed by atoms with van der Waals surface area (Å²) in [7, 11) is -3.58. The molecule has 2 N–H and O–H groups in total. The van der Waals surface area contributed by atoms with Crippen LogP contribution < -0.4 is 10.0 Å². The minimum absolute atomic E-state index is 0. The number of likely N-dealkylation sites (tertiary alicyclic amines) is 1. The number of benzene rings is 1. The van der Waals surface area contributed by atoms with E-state index >= 15 is 0 Å². The largest absolute Gasteiger partial charge is 0.379 e. The van der Waals surface area contributed by atoms with E-state index in [1.54, 1.807) is 12.1 Å². The molecule has 3 heterocycles. The van der Waals surface area contributed by atoms with Gasteiger partial charge in [-0.15, -0.1) is 37.2 Å². The first-order valence-corrected chi connectivity index (χ1v) is 17.2. The van der Waals surface area contributed by atoms with Crippen molar-refractivity contribution >= 4 is 53.2 Å². The van der Waals surface area contributed by atoms with Crippen LogP contribution in [0.4, 0.5) is 0 Å². The number of carbonyl (C=O) groups excluding carboxylic acids is 1. The number of amides is 1. The van der Waals surface area contributed by atoms with Crippen LogP contribution in [0, 0.1) is 19.8 Å². The van der Waals surface area contributed by atoms with Crippen molar-refractivity contribution in [1.82, 2.24) is 29.6 Å². The molecule has 0 bridgehead atoms. The molecular weight excluding hydrogens is 659 g/mol. The monoisotopic (exact) mass is 708 g/mol. The van der Waals surface area contributed by atoms with E-state index < -0.39 is 10.0 Å². The van der Waals surface area contributed by atoms with Gasteiger partial charge < -0.3 is 10.1 Å². The predicted molar refractivity (Wildman–Crippen MR) is 185 cm³/mol. The number of morpholine rings is 1. The number of aryl methyl sites for hydroxylation is 1. The molecule has 1 aromatic carbocycles. The number of rotatable bonds is 11. The second-order valence-electron chi connectivity index (χ2n) is 12.2. The smallest absolute Gasteiger partial charge is 0.240 e. The zero-order valence-corrected chi connectivity index (χ0v) is 29.8. The first kappa shape index (κ1) is 39.7. The Morgan fingerprint density at radius 2 is 1.56 bits per heavy atom. The molecule has 2 aliphatic heterocycles. The summed E-state index contributed by atoms with van der Waals surface area (Å²) in [5.41, 5.74) is 4.09. The van der Waals surface area contributed by atoms with Crippen LogP contribution in [0.2, 0.25) is 0 Å². The minimum atomic E-state index is -3.58. The van der Waals surface area contributed by atoms with Crippen LogP contribution in [0.3, 0.4) is 0 Å². The van der Waals surface area contributed by atoms with Crippen molar-refractivity contribution in [3.63, 3.8) is 0 Å². The molecule has 1 aliphatic carbocycles. The Balaban J connectivity index is 0.00000235. The fourth-order valence-electron chi connectivity index (χ4n) is 6.57. The molecule has 256 valence electrons. The third-order valence-electron chi connectivity index (χ3n) is 9.19. The molecule has 2 aromatic rings. The minimum Gasteiger partial charge on any atom is -0.379 e. The lowest BCUT2D eigenvalue weighted by Gasteiger charge is -2.33. The van der Waals surface area contributed by atoms with E-state index in [2.05, 4.69) is 26.8 Å². The molecule has 0 atom stereocenters. The maximum absolute atomic E-state index is 12.8. The van der Waals surface area contributed by atoms with Crippen molar-refractivity contribution in [2.75, 3.05) is 52.5 Å². The van der Waals surface area contributed by atoms with E-state index in [4.69, 9.17) is 9.84 Å². The summed E-state index contributed by atoms with van der Waals surface area (Å²) >= 11 is 0. The molecule has 1 amide bonds. The average molecular weight is 710 g/mol. The summed E-state index contributed by atoms with van der Waals surface area (Å²) in [6.07, 6.45) is 8.90. The highest BCUT2D eigenvalue weighted by atomic mass is 35.5. The molecule has 1 saturated carbocycles. The van der Waals surface area contributed by atoms with Crippen LogP contribution in [0.15, 0.2) is 29.2 Å². The van der Waals surface area contributed by atoms with E-state index in [1.165, 1.54) is 37.7 Å². The van der Waals surface area contributed by atoms with Gasteiger partial charge in [0.1, 0.15) is 0 Å². The zero-order chi connectivity index (χ0) is 29.5. The Kier molecular flexibility index (Phi) is 16.6. The number of sulfonamides is 1. The molecule has 10 nitrogen and oxygen atoms in total. The fraction of sp³-hybridized carbons (Fsp3) is 0.677. The molecule has 45 heavy (non-hydrogen) atoms. The highest BCUT2D eigenvalue weighted by Gasteiger charge is 2.25. The van der Waals surface area contributed by atoms with Crippen LogP contribution in [-0.4, -0.2) is 92.4 Å². The van der Waals surface area contributed by atoms with E-state index in [0.717, 1.165) is 62.6 Å². The third-order valence-corrected chi connectivity index (χ3v) is 10.7. The van der Waals surface area contributed by atoms with Gasteiger partial charge in [0.15, 0.2) is 0 Å². The number of hydrogen-bond donors (Lipinski definition) is 2. The Morgan fingerprint density at radius 1 is 0.911 bits per heavy atom. The van der Waals surface area contributed by atoms with Crippen molar-refractivity contribution in [2.24, 2.45) is 5.92 Å². The van der Waals surface area contributed by atoms with E-state index in [0.29, 0.717) is 38.6 Å². The second kappa shape index (κ2) is 18.8. The lowest BCUT2D eigenvalue weighted by molar-refractivity contribution is -0.123. The highest BCUT2D eigenvalue weighted by Crippen LogP contribution is 2.27. The van der Waals surface area contributed by atoms with Crippen molar-refractivity contribution in [1.29, 1.82) is 0 Å². The van der Waals surface area contributed by atoms with Gasteiger partial charge in [-0.3, -0.25) is 14.6 Å². The van der Waals surface area contributed by atoms with Gasteiger partial charge in [0.2, 0.25) is 15.9 Å². The normalized spacial score (nSPS) is 18.8. The summed E-state index contributed by atoms with van der Waals surface area (Å²) in [6.45, 7) is 10.9. The second-order valence-corrected chi connectivity index (χ2v) is 14.0. The molecular formula is C31H51Cl3N6O4S.